The topological polar surface area (TPSA) is 49.8 Å². The number of para-hydroxylation sites is 1. The van der Waals surface area contributed by atoms with Gasteiger partial charge in [-0.25, -0.2) is 0 Å². The Morgan fingerprint density at radius 2 is 2.29 bits per heavy atom. The number of thioether (sulfide) groups is 1. The van der Waals surface area contributed by atoms with Crippen molar-refractivity contribution in [3.05, 3.63) is 29.8 Å². The molecule has 1 fully saturated rings. The van der Waals surface area contributed by atoms with Crippen LogP contribution in [0, 0.1) is 5.92 Å². The number of carbonyl (C=O) groups is 1. The predicted molar refractivity (Wildman–Crippen MR) is 83.9 cm³/mol. The summed E-state index contributed by atoms with van der Waals surface area (Å²) in [4.78, 5) is 13.6. The number of carboxylic acid groups (broad SMARTS) is 1. The Morgan fingerprint density at radius 3 is 3.10 bits per heavy atom. The number of aliphatic carboxylic acids is 1. The minimum Gasteiger partial charge on any atom is -0.493 e. The van der Waals surface area contributed by atoms with E-state index in [-0.39, 0.29) is 18.5 Å². The highest BCUT2D eigenvalue weighted by atomic mass is 32.2. The third-order valence-electron chi connectivity index (χ3n) is 4.32. The third-order valence-corrected chi connectivity index (χ3v) is 5.41. The van der Waals surface area contributed by atoms with Crippen LogP contribution in [-0.2, 0) is 4.79 Å². The first-order chi connectivity index (χ1) is 10.2. The number of carboxylic acids is 1. The maximum atomic E-state index is 11.2. The molecule has 2 heterocycles. The third kappa shape index (κ3) is 3.04. The summed E-state index contributed by atoms with van der Waals surface area (Å²) in [5.74, 6) is 2.59. The van der Waals surface area contributed by atoms with E-state index in [1.807, 2.05) is 30.0 Å². The van der Waals surface area contributed by atoms with Crippen LogP contribution >= 0.6 is 11.8 Å². The molecule has 21 heavy (non-hydrogen) atoms. The molecular weight excluding hydrogens is 286 g/mol. The first kappa shape index (κ1) is 14.7. The van der Waals surface area contributed by atoms with Crippen molar-refractivity contribution in [3.63, 3.8) is 0 Å². The second-order valence-electron chi connectivity index (χ2n) is 5.84. The van der Waals surface area contributed by atoms with Crippen LogP contribution in [0.15, 0.2) is 24.3 Å². The molecule has 4 nitrogen and oxygen atoms in total. The number of nitrogens with zero attached hydrogens (tertiary/aromatic N) is 1. The maximum absolute atomic E-state index is 11.2. The van der Waals surface area contributed by atoms with E-state index in [2.05, 4.69) is 17.9 Å². The Kier molecular flexibility index (Phi) is 4.40. The van der Waals surface area contributed by atoms with Crippen molar-refractivity contribution in [2.24, 2.45) is 5.92 Å². The van der Waals surface area contributed by atoms with E-state index in [1.165, 1.54) is 5.56 Å². The number of hydrogen-bond donors (Lipinski definition) is 1. The minimum absolute atomic E-state index is 0.111. The van der Waals surface area contributed by atoms with Crippen molar-refractivity contribution < 1.29 is 14.6 Å². The van der Waals surface area contributed by atoms with Crippen molar-refractivity contribution in [1.29, 1.82) is 0 Å². The molecule has 2 aliphatic heterocycles. The molecule has 3 atom stereocenters. The second kappa shape index (κ2) is 6.28. The van der Waals surface area contributed by atoms with Gasteiger partial charge in [0.2, 0.25) is 0 Å². The Hall–Kier alpha value is -1.20. The number of fused-ring (bicyclic) bond motifs is 1. The van der Waals surface area contributed by atoms with E-state index in [0.717, 1.165) is 23.8 Å². The Balaban J connectivity index is 1.91. The zero-order valence-electron chi connectivity index (χ0n) is 12.2. The van der Waals surface area contributed by atoms with Crippen molar-refractivity contribution in [3.8, 4) is 5.75 Å². The normalized spacial score (nSPS) is 29.5. The summed E-state index contributed by atoms with van der Waals surface area (Å²) in [6, 6.07) is 8.54. The quantitative estimate of drug-likeness (QED) is 0.930. The minimum atomic E-state index is -0.708. The predicted octanol–water partition coefficient (Wildman–Crippen LogP) is 2.65. The van der Waals surface area contributed by atoms with Crippen LogP contribution in [0.1, 0.15) is 24.9 Å². The molecule has 0 radical (unpaired) electrons. The zero-order chi connectivity index (χ0) is 14.8. The number of hydrogen-bond acceptors (Lipinski definition) is 4. The number of benzene rings is 1. The zero-order valence-corrected chi connectivity index (χ0v) is 13.0. The van der Waals surface area contributed by atoms with Gasteiger partial charge in [0.25, 0.3) is 0 Å². The summed E-state index contributed by atoms with van der Waals surface area (Å²) in [6.45, 7) is 3.84. The molecule has 5 heteroatoms. The van der Waals surface area contributed by atoms with Crippen LogP contribution < -0.4 is 4.74 Å². The van der Waals surface area contributed by atoms with Gasteiger partial charge in [-0.15, -0.1) is 0 Å². The van der Waals surface area contributed by atoms with E-state index < -0.39 is 5.97 Å². The van der Waals surface area contributed by atoms with E-state index in [4.69, 9.17) is 4.74 Å². The summed E-state index contributed by atoms with van der Waals surface area (Å²) in [5.41, 5.74) is 1.21. The Morgan fingerprint density at radius 1 is 1.48 bits per heavy atom. The average Bonchev–Trinajstić information content (AvgIpc) is 2.48. The van der Waals surface area contributed by atoms with Crippen molar-refractivity contribution >= 4 is 17.7 Å². The van der Waals surface area contributed by atoms with Crippen LogP contribution in [0.25, 0.3) is 0 Å². The summed E-state index contributed by atoms with van der Waals surface area (Å²) < 4.78 is 5.82. The smallest absolute Gasteiger partial charge is 0.304 e. The van der Waals surface area contributed by atoms with E-state index in [0.29, 0.717) is 12.5 Å². The van der Waals surface area contributed by atoms with E-state index in [1.54, 1.807) is 0 Å². The van der Waals surface area contributed by atoms with Gasteiger partial charge in [0, 0.05) is 41.6 Å². The highest BCUT2D eigenvalue weighted by Gasteiger charge is 2.37. The highest BCUT2D eigenvalue weighted by molar-refractivity contribution is 7.99. The largest absolute Gasteiger partial charge is 0.493 e. The van der Waals surface area contributed by atoms with Crippen LogP contribution in [0.4, 0.5) is 0 Å². The lowest BCUT2D eigenvalue weighted by molar-refractivity contribution is -0.138. The summed E-state index contributed by atoms with van der Waals surface area (Å²) >= 11 is 1.86. The summed E-state index contributed by atoms with van der Waals surface area (Å²) in [5, 5.41) is 9.18. The fourth-order valence-electron chi connectivity index (χ4n) is 3.39. The molecule has 0 aliphatic carbocycles. The fraction of sp³-hybridized carbons (Fsp3) is 0.562. The van der Waals surface area contributed by atoms with E-state index in [9.17, 15) is 9.90 Å². The van der Waals surface area contributed by atoms with Gasteiger partial charge in [0.1, 0.15) is 5.75 Å². The molecule has 0 saturated carbocycles. The first-order valence-electron chi connectivity index (χ1n) is 7.44. The van der Waals surface area contributed by atoms with Gasteiger partial charge in [-0.05, 0) is 6.07 Å². The molecule has 3 rings (SSSR count). The lowest BCUT2D eigenvalue weighted by Crippen LogP contribution is -2.49. The average molecular weight is 307 g/mol. The summed E-state index contributed by atoms with van der Waals surface area (Å²) in [6.07, 6.45) is 0.221. The van der Waals surface area contributed by atoms with Gasteiger partial charge in [-0.1, -0.05) is 25.1 Å². The molecule has 0 amide bonds. The molecule has 114 valence electrons. The molecule has 0 aromatic heterocycles. The van der Waals surface area contributed by atoms with Gasteiger partial charge in [0.05, 0.1) is 13.0 Å². The van der Waals surface area contributed by atoms with Crippen LogP contribution in [0.3, 0.4) is 0 Å². The highest BCUT2D eigenvalue weighted by Crippen LogP contribution is 2.41. The summed E-state index contributed by atoms with van der Waals surface area (Å²) in [7, 11) is 0. The molecule has 1 aromatic carbocycles. The van der Waals surface area contributed by atoms with Crippen molar-refractivity contribution in [1.82, 2.24) is 4.90 Å². The SMILES string of the molecule is CC1COc2ccccc2C1N1CCSCC1CC(=O)O. The molecule has 0 spiro atoms. The van der Waals surface area contributed by atoms with E-state index >= 15 is 0 Å². The Bertz CT molecular complexity index is 522. The maximum Gasteiger partial charge on any atom is 0.304 e. The molecule has 2 aliphatic rings. The number of ether oxygens (including phenoxy) is 1. The van der Waals surface area contributed by atoms with Gasteiger partial charge >= 0.3 is 5.97 Å². The van der Waals surface area contributed by atoms with Gasteiger partial charge in [-0.3, -0.25) is 9.69 Å². The standard InChI is InChI=1S/C16H21NO3S/c1-11-9-20-14-5-3-2-4-13(14)16(11)17-6-7-21-10-12(17)8-15(18)19/h2-5,11-12,16H,6-10H2,1H3,(H,18,19). The van der Waals surface area contributed by atoms with Crippen LogP contribution in [0.2, 0.25) is 0 Å². The molecule has 1 N–H and O–H groups in total. The molecular formula is C16H21NO3S. The van der Waals surface area contributed by atoms with Gasteiger partial charge < -0.3 is 9.84 Å². The van der Waals surface area contributed by atoms with Crippen molar-refractivity contribution in [2.45, 2.75) is 25.4 Å². The Labute approximate surface area is 129 Å². The first-order valence-corrected chi connectivity index (χ1v) is 8.59. The lowest BCUT2D eigenvalue weighted by atomic mass is 9.89. The van der Waals surface area contributed by atoms with Crippen molar-refractivity contribution in [2.75, 3.05) is 24.7 Å². The molecule has 1 saturated heterocycles. The lowest BCUT2D eigenvalue weighted by Gasteiger charge is -2.45. The second-order valence-corrected chi connectivity index (χ2v) is 6.99. The number of rotatable bonds is 3. The fourth-order valence-corrected chi connectivity index (χ4v) is 4.48. The molecule has 0 bridgehead atoms. The molecule has 1 aromatic rings. The molecule has 3 unspecified atom stereocenters. The van der Waals surface area contributed by atoms with Gasteiger partial charge in [0.15, 0.2) is 0 Å². The van der Waals surface area contributed by atoms with Crippen LogP contribution in [0.5, 0.6) is 5.75 Å². The van der Waals surface area contributed by atoms with Gasteiger partial charge in [-0.2, -0.15) is 11.8 Å². The monoisotopic (exact) mass is 307 g/mol. The van der Waals surface area contributed by atoms with Crippen LogP contribution in [-0.4, -0.2) is 46.7 Å².